The van der Waals surface area contributed by atoms with Crippen molar-refractivity contribution in [1.29, 1.82) is 5.26 Å². The highest BCUT2D eigenvalue weighted by atomic mass is 19.1. The van der Waals surface area contributed by atoms with E-state index in [9.17, 15) is 4.39 Å². The molecular formula is C19H24FN. The predicted molar refractivity (Wildman–Crippen MR) is 84.2 cm³/mol. The molecule has 1 aromatic rings. The number of nitrogens with zero attached hydrogens (tertiary/aromatic N) is 1. The minimum Gasteiger partial charge on any atom is -0.207 e. The summed E-state index contributed by atoms with van der Waals surface area (Å²) in [6.07, 6.45) is 13.5. The molecule has 112 valence electrons. The minimum absolute atomic E-state index is 0.148. The van der Waals surface area contributed by atoms with Crippen molar-refractivity contribution in [2.45, 2.75) is 51.4 Å². The van der Waals surface area contributed by atoms with Crippen molar-refractivity contribution in [1.82, 2.24) is 0 Å². The summed E-state index contributed by atoms with van der Waals surface area (Å²) >= 11 is 0. The van der Waals surface area contributed by atoms with Crippen LogP contribution in [0.2, 0.25) is 0 Å². The van der Waals surface area contributed by atoms with E-state index in [2.05, 4.69) is 0 Å². The van der Waals surface area contributed by atoms with Gasteiger partial charge in [-0.1, -0.05) is 43.9 Å². The zero-order chi connectivity index (χ0) is 14.9. The van der Waals surface area contributed by atoms with Crippen LogP contribution >= 0.6 is 0 Å². The Kier molecular flexibility index (Phi) is 6.47. The van der Waals surface area contributed by atoms with Crippen LogP contribution in [0.5, 0.6) is 0 Å². The van der Waals surface area contributed by atoms with Crippen LogP contribution in [0.3, 0.4) is 0 Å². The van der Waals surface area contributed by atoms with Gasteiger partial charge in [-0.05, 0) is 55.2 Å². The van der Waals surface area contributed by atoms with Gasteiger partial charge in [-0.2, -0.15) is 5.26 Å². The Morgan fingerprint density at radius 2 is 1.67 bits per heavy atom. The SMILES string of the molecule is N#CC=CCCC1CCC(CCc2ccc(F)cc2)CC1. The Labute approximate surface area is 127 Å². The first-order valence-corrected chi connectivity index (χ1v) is 8.07. The number of hydrogen-bond acceptors (Lipinski definition) is 1. The van der Waals surface area contributed by atoms with Crippen LogP contribution in [-0.4, -0.2) is 0 Å². The number of aryl methyl sites for hydroxylation is 1. The zero-order valence-corrected chi connectivity index (χ0v) is 12.6. The molecule has 1 aromatic carbocycles. The number of nitriles is 1. The quantitative estimate of drug-likeness (QED) is 0.640. The second-order valence-corrected chi connectivity index (χ2v) is 6.16. The summed E-state index contributed by atoms with van der Waals surface area (Å²) in [7, 11) is 0. The van der Waals surface area contributed by atoms with Gasteiger partial charge in [0.05, 0.1) is 6.07 Å². The summed E-state index contributed by atoms with van der Waals surface area (Å²) in [5.41, 5.74) is 1.25. The van der Waals surface area contributed by atoms with E-state index in [1.165, 1.54) is 44.1 Å². The second kappa shape index (κ2) is 8.62. The lowest BCUT2D eigenvalue weighted by atomic mass is 9.78. The van der Waals surface area contributed by atoms with E-state index in [1.807, 2.05) is 24.3 Å². The zero-order valence-electron chi connectivity index (χ0n) is 12.6. The van der Waals surface area contributed by atoms with Crippen molar-refractivity contribution in [3.63, 3.8) is 0 Å². The van der Waals surface area contributed by atoms with Gasteiger partial charge < -0.3 is 0 Å². The van der Waals surface area contributed by atoms with Gasteiger partial charge in [-0.25, -0.2) is 4.39 Å². The van der Waals surface area contributed by atoms with Crippen LogP contribution in [0.4, 0.5) is 4.39 Å². The molecule has 1 aliphatic carbocycles. The summed E-state index contributed by atoms with van der Waals surface area (Å²) in [6.45, 7) is 0. The first kappa shape index (κ1) is 15.8. The van der Waals surface area contributed by atoms with Gasteiger partial charge >= 0.3 is 0 Å². The molecule has 0 saturated heterocycles. The molecule has 0 unspecified atom stereocenters. The van der Waals surface area contributed by atoms with E-state index < -0.39 is 0 Å². The predicted octanol–water partition coefficient (Wildman–Crippen LogP) is 5.42. The number of hydrogen-bond donors (Lipinski definition) is 0. The van der Waals surface area contributed by atoms with Gasteiger partial charge in [-0.3, -0.25) is 0 Å². The molecule has 0 bridgehead atoms. The van der Waals surface area contributed by atoms with E-state index in [-0.39, 0.29) is 5.82 Å². The summed E-state index contributed by atoms with van der Waals surface area (Å²) in [4.78, 5) is 0. The Morgan fingerprint density at radius 3 is 2.29 bits per heavy atom. The van der Waals surface area contributed by atoms with Crippen molar-refractivity contribution < 1.29 is 4.39 Å². The third kappa shape index (κ3) is 5.71. The molecule has 1 fully saturated rings. The Morgan fingerprint density at radius 1 is 1.05 bits per heavy atom. The van der Waals surface area contributed by atoms with Crippen molar-refractivity contribution in [3.05, 3.63) is 47.8 Å². The fourth-order valence-electron chi connectivity index (χ4n) is 3.30. The third-order valence-corrected chi connectivity index (χ3v) is 4.65. The first-order valence-electron chi connectivity index (χ1n) is 8.07. The van der Waals surface area contributed by atoms with Gasteiger partial charge in [0.25, 0.3) is 0 Å². The largest absolute Gasteiger partial charge is 0.207 e. The normalized spacial score (nSPS) is 22.3. The van der Waals surface area contributed by atoms with E-state index in [4.69, 9.17) is 5.26 Å². The number of benzene rings is 1. The van der Waals surface area contributed by atoms with Crippen LogP contribution in [-0.2, 0) is 6.42 Å². The van der Waals surface area contributed by atoms with Gasteiger partial charge in [-0.15, -0.1) is 0 Å². The molecule has 1 saturated carbocycles. The van der Waals surface area contributed by atoms with Crippen LogP contribution < -0.4 is 0 Å². The molecule has 0 aromatic heterocycles. The number of allylic oxidation sites excluding steroid dienone is 2. The second-order valence-electron chi connectivity index (χ2n) is 6.16. The number of halogens is 1. The average molecular weight is 285 g/mol. The molecule has 0 amide bonds. The van der Waals surface area contributed by atoms with Crippen molar-refractivity contribution in [2.75, 3.05) is 0 Å². The molecular weight excluding hydrogens is 261 g/mol. The first-order chi connectivity index (χ1) is 10.3. The minimum atomic E-state index is -0.148. The van der Waals surface area contributed by atoms with Crippen molar-refractivity contribution in [3.8, 4) is 6.07 Å². The summed E-state index contributed by atoms with van der Waals surface area (Å²) in [5.74, 6) is 1.53. The molecule has 0 atom stereocenters. The highest BCUT2D eigenvalue weighted by Crippen LogP contribution is 2.33. The lowest BCUT2D eigenvalue weighted by molar-refractivity contribution is 0.254. The lowest BCUT2D eigenvalue weighted by Crippen LogP contribution is -2.15. The molecule has 2 rings (SSSR count). The Balaban J connectivity index is 1.64. The molecule has 0 aliphatic heterocycles. The standard InChI is InChI=1S/C19H24FN/c20-19-13-11-18(12-14-19)10-9-17-7-5-16(6-8-17)4-2-1-3-15-21/h1,3,11-14,16-17H,2,4-10H2. The molecule has 2 heteroatoms. The molecule has 0 heterocycles. The van der Waals surface area contributed by atoms with Crippen LogP contribution in [0.1, 0.15) is 50.5 Å². The van der Waals surface area contributed by atoms with E-state index in [0.717, 1.165) is 24.7 Å². The van der Waals surface area contributed by atoms with Crippen LogP contribution in [0.15, 0.2) is 36.4 Å². The topological polar surface area (TPSA) is 23.8 Å². The summed E-state index contributed by atoms with van der Waals surface area (Å²) in [6, 6.07) is 8.97. The van der Waals surface area contributed by atoms with Crippen LogP contribution in [0, 0.1) is 29.0 Å². The molecule has 21 heavy (non-hydrogen) atoms. The molecule has 0 N–H and O–H groups in total. The average Bonchev–Trinajstić information content (AvgIpc) is 2.52. The van der Waals surface area contributed by atoms with Gasteiger partial charge in [0.15, 0.2) is 0 Å². The van der Waals surface area contributed by atoms with E-state index >= 15 is 0 Å². The van der Waals surface area contributed by atoms with E-state index in [0.29, 0.717) is 0 Å². The Bertz CT molecular complexity index is 475. The summed E-state index contributed by atoms with van der Waals surface area (Å²) < 4.78 is 12.9. The smallest absolute Gasteiger partial charge is 0.123 e. The van der Waals surface area contributed by atoms with Crippen LogP contribution in [0.25, 0.3) is 0 Å². The maximum Gasteiger partial charge on any atom is 0.123 e. The highest BCUT2D eigenvalue weighted by molar-refractivity contribution is 5.16. The third-order valence-electron chi connectivity index (χ3n) is 4.65. The molecule has 1 aliphatic rings. The maximum atomic E-state index is 12.9. The van der Waals surface area contributed by atoms with Gasteiger partial charge in [0, 0.05) is 6.08 Å². The monoisotopic (exact) mass is 285 g/mol. The fourth-order valence-corrected chi connectivity index (χ4v) is 3.30. The summed E-state index contributed by atoms with van der Waals surface area (Å²) in [5, 5.41) is 8.45. The Hall–Kier alpha value is -1.62. The molecule has 0 spiro atoms. The lowest BCUT2D eigenvalue weighted by Gasteiger charge is -2.28. The van der Waals surface area contributed by atoms with E-state index in [1.54, 1.807) is 18.2 Å². The molecule has 1 nitrogen and oxygen atoms in total. The van der Waals surface area contributed by atoms with Crippen molar-refractivity contribution >= 4 is 0 Å². The van der Waals surface area contributed by atoms with Gasteiger partial charge in [0.1, 0.15) is 5.82 Å². The maximum absolute atomic E-state index is 12.9. The van der Waals surface area contributed by atoms with Gasteiger partial charge in [0.2, 0.25) is 0 Å². The molecule has 0 radical (unpaired) electrons. The number of rotatable bonds is 6. The highest BCUT2D eigenvalue weighted by Gasteiger charge is 2.20. The van der Waals surface area contributed by atoms with Crippen molar-refractivity contribution in [2.24, 2.45) is 11.8 Å². The fraction of sp³-hybridized carbons (Fsp3) is 0.526.